The van der Waals surface area contributed by atoms with Gasteiger partial charge in [0.15, 0.2) is 0 Å². The van der Waals surface area contributed by atoms with Crippen molar-refractivity contribution < 1.29 is 19.4 Å². The van der Waals surface area contributed by atoms with Crippen LogP contribution in [0.3, 0.4) is 0 Å². The lowest BCUT2D eigenvalue weighted by atomic mass is 10.2. The van der Waals surface area contributed by atoms with Crippen molar-refractivity contribution in [1.82, 2.24) is 5.32 Å². The first kappa shape index (κ1) is 18.0. The second kappa shape index (κ2) is 10.4. The minimum absolute atomic E-state index is 0.232. The first-order valence-corrected chi connectivity index (χ1v) is 7.98. The van der Waals surface area contributed by atoms with E-state index in [4.69, 9.17) is 9.47 Å². The average Bonchev–Trinajstić information content (AvgIpc) is 2.62. The number of hydrogen-bond donors (Lipinski definition) is 2. The summed E-state index contributed by atoms with van der Waals surface area (Å²) in [4.78, 5) is 11.6. The van der Waals surface area contributed by atoms with Gasteiger partial charge in [0, 0.05) is 6.54 Å². The van der Waals surface area contributed by atoms with Crippen LogP contribution in [0.5, 0.6) is 0 Å². The van der Waals surface area contributed by atoms with Crippen LogP contribution in [-0.4, -0.2) is 30.5 Å². The van der Waals surface area contributed by atoms with Gasteiger partial charge in [0.1, 0.15) is 6.61 Å². The zero-order chi connectivity index (χ0) is 17.0. The lowest BCUT2D eigenvalue weighted by molar-refractivity contribution is 0.0246. The van der Waals surface area contributed by atoms with Crippen LogP contribution in [0.2, 0.25) is 0 Å². The number of carbonyl (C=O) groups excluding carboxylic acids is 1. The molecule has 2 N–H and O–H groups in total. The van der Waals surface area contributed by atoms with Crippen molar-refractivity contribution in [1.29, 1.82) is 0 Å². The summed E-state index contributed by atoms with van der Waals surface area (Å²) in [5, 5.41) is 12.4. The highest BCUT2D eigenvalue weighted by atomic mass is 16.5. The molecule has 2 aromatic rings. The molecule has 0 aliphatic rings. The second-order valence-corrected chi connectivity index (χ2v) is 5.43. The van der Waals surface area contributed by atoms with Gasteiger partial charge in [-0.2, -0.15) is 0 Å². The van der Waals surface area contributed by atoms with Crippen LogP contribution in [0.1, 0.15) is 17.5 Å². The molecular weight excluding hydrogens is 306 g/mol. The van der Waals surface area contributed by atoms with Crippen molar-refractivity contribution in [3.05, 3.63) is 71.8 Å². The Hall–Kier alpha value is -2.37. The summed E-state index contributed by atoms with van der Waals surface area (Å²) in [6.07, 6.45) is -0.700. The van der Waals surface area contributed by atoms with E-state index in [-0.39, 0.29) is 13.2 Å². The number of rotatable bonds is 9. The molecule has 24 heavy (non-hydrogen) atoms. The lowest BCUT2D eigenvalue weighted by Crippen LogP contribution is -2.29. The van der Waals surface area contributed by atoms with E-state index >= 15 is 0 Å². The molecule has 2 rings (SSSR count). The number of nitrogens with one attached hydrogen (secondary N) is 1. The molecule has 0 fully saturated rings. The summed E-state index contributed by atoms with van der Waals surface area (Å²) in [5.41, 5.74) is 1.99. The van der Waals surface area contributed by atoms with E-state index in [1.165, 1.54) is 0 Å². The number of ether oxygens (including phenoxy) is 2. The van der Waals surface area contributed by atoms with Gasteiger partial charge in [-0.25, -0.2) is 4.79 Å². The molecule has 128 valence electrons. The SMILES string of the molecule is O=C(NCC[C@@H](O)COCc1ccccc1)OCc1ccccc1. The van der Waals surface area contributed by atoms with Gasteiger partial charge in [-0.05, 0) is 17.5 Å². The fourth-order valence-corrected chi connectivity index (χ4v) is 2.09. The summed E-state index contributed by atoms with van der Waals surface area (Å²) in [5.74, 6) is 0. The van der Waals surface area contributed by atoms with E-state index in [1.807, 2.05) is 60.7 Å². The Balaban J connectivity index is 1.52. The van der Waals surface area contributed by atoms with E-state index in [9.17, 15) is 9.90 Å². The van der Waals surface area contributed by atoms with Crippen molar-refractivity contribution >= 4 is 6.09 Å². The van der Waals surface area contributed by atoms with Gasteiger partial charge in [0.05, 0.1) is 19.3 Å². The third-order valence-corrected chi connectivity index (χ3v) is 3.38. The Labute approximate surface area is 142 Å². The molecule has 0 aliphatic heterocycles. The topological polar surface area (TPSA) is 67.8 Å². The number of hydrogen-bond acceptors (Lipinski definition) is 4. The molecular formula is C19H23NO4. The van der Waals surface area contributed by atoms with Gasteiger partial charge >= 0.3 is 6.09 Å². The predicted octanol–water partition coefficient (Wildman–Crippen LogP) is 2.88. The van der Waals surface area contributed by atoms with Gasteiger partial charge in [-0.1, -0.05) is 60.7 Å². The zero-order valence-corrected chi connectivity index (χ0v) is 13.6. The van der Waals surface area contributed by atoms with Crippen molar-refractivity contribution in [2.45, 2.75) is 25.7 Å². The summed E-state index contributed by atoms with van der Waals surface area (Å²) in [6, 6.07) is 19.2. The summed E-state index contributed by atoms with van der Waals surface area (Å²) in [7, 11) is 0. The molecule has 0 unspecified atom stereocenters. The predicted molar refractivity (Wildman–Crippen MR) is 91.4 cm³/mol. The second-order valence-electron chi connectivity index (χ2n) is 5.43. The third kappa shape index (κ3) is 7.26. The lowest BCUT2D eigenvalue weighted by Gasteiger charge is -2.12. The van der Waals surface area contributed by atoms with E-state index < -0.39 is 12.2 Å². The minimum Gasteiger partial charge on any atom is -0.445 e. The normalized spacial score (nSPS) is 11.7. The first-order valence-electron chi connectivity index (χ1n) is 7.98. The molecule has 0 saturated heterocycles. The Kier molecular flexibility index (Phi) is 7.80. The van der Waals surface area contributed by atoms with Crippen molar-refractivity contribution in [2.75, 3.05) is 13.2 Å². The Morgan fingerprint density at radius 2 is 1.54 bits per heavy atom. The smallest absolute Gasteiger partial charge is 0.407 e. The number of benzene rings is 2. The fraction of sp³-hybridized carbons (Fsp3) is 0.316. The highest BCUT2D eigenvalue weighted by Crippen LogP contribution is 2.02. The maximum atomic E-state index is 11.6. The average molecular weight is 329 g/mol. The molecule has 0 saturated carbocycles. The minimum atomic E-state index is -0.622. The molecule has 1 amide bonds. The van der Waals surface area contributed by atoms with Gasteiger partial charge in [-0.3, -0.25) is 0 Å². The van der Waals surface area contributed by atoms with Crippen LogP contribution in [0.15, 0.2) is 60.7 Å². The highest BCUT2D eigenvalue weighted by molar-refractivity contribution is 5.67. The van der Waals surface area contributed by atoms with Crippen LogP contribution in [0.4, 0.5) is 4.79 Å². The molecule has 2 aromatic carbocycles. The van der Waals surface area contributed by atoms with E-state index in [0.29, 0.717) is 19.6 Å². The fourth-order valence-electron chi connectivity index (χ4n) is 2.09. The molecule has 5 nitrogen and oxygen atoms in total. The number of carbonyl (C=O) groups is 1. The zero-order valence-electron chi connectivity index (χ0n) is 13.6. The van der Waals surface area contributed by atoms with E-state index in [2.05, 4.69) is 5.32 Å². The number of aliphatic hydroxyl groups excluding tert-OH is 1. The maximum absolute atomic E-state index is 11.6. The van der Waals surface area contributed by atoms with Crippen LogP contribution in [0, 0.1) is 0 Å². The molecule has 5 heteroatoms. The summed E-state index contributed by atoms with van der Waals surface area (Å²) in [6.45, 7) is 1.26. The first-order chi connectivity index (χ1) is 11.7. The van der Waals surface area contributed by atoms with E-state index in [0.717, 1.165) is 11.1 Å². The Bertz CT molecular complexity index is 589. The van der Waals surface area contributed by atoms with Crippen LogP contribution in [-0.2, 0) is 22.7 Å². The standard InChI is InChI=1S/C19H23NO4/c21-18(15-23-13-16-7-3-1-4-8-16)11-12-20-19(22)24-14-17-9-5-2-6-10-17/h1-10,18,21H,11-15H2,(H,20,22)/t18-/m1/s1. The molecule has 0 heterocycles. The van der Waals surface area contributed by atoms with Gasteiger partial charge < -0.3 is 19.9 Å². The quantitative estimate of drug-likeness (QED) is 0.742. The van der Waals surface area contributed by atoms with E-state index in [1.54, 1.807) is 0 Å². The van der Waals surface area contributed by atoms with Crippen molar-refractivity contribution in [3.8, 4) is 0 Å². The number of alkyl carbamates (subject to hydrolysis) is 1. The number of aliphatic hydroxyl groups is 1. The highest BCUT2D eigenvalue weighted by Gasteiger charge is 2.07. The summed E-state index contributed by atoms with van der Waals surface area (Å²) < 4.78 is 10.5. The monoisotopic (exact) mass is 329 g/mol. The molecule has 1 atom stereocenters. The Morgan fingerprint density at radius 3 is 2.17 bits per heavy atom. The van der Waals surface area contributed by atoms with Crippen LogP contribution < -0.4 is 5.32 Å². The third-order valence-electron chi connectivity index (χ3n) is 3.38. The van der Waals surface area contributed by atoms with Gasteiger partial charge in [-0.15, -0.1) is 0 Å². The largest absolute Gasteiger partial charge is 0.445 e. The molecule has 0 radical (unpaired) electrons. The molecule has 0 spiro atoms. The Morgan fingerprint density at radius 1 is 0.958 bits per heavy atom. The molecule has 0 bridgehead atoms. The number of amides is 1. The van der Waals surface area contributed by atoms with Crippen molar-refractivity contribution in [3.63, 3.8) is 0 Å². The molecule has 0 aliphatic carbocycles. The van der Waals surface area contributed by atoms with Gasteiger partial charge in [0.25, 0.3) is 0 Å². The molecule has 0 aromatic heterocycles. The maximum Gasteiger partial charge on any atom is 0.407 e. The van der Waals surface area contributed by atoms with Gasteiger partial charge in [0.2, 0.25) is 0 Å². The van der Waals surface area contributed by atoms with Crippen molar-refractivity contribution in [2.24, 2.45) is 0 Å². The van der Waals surface area contributed by atoms with Crippen LogP contribution in [0.25, 0.3) is 0 Å². The van der Waals surface area contributed by atoms with Crippen LogP contribution >= 0.6 is 0 Å². The summed E-state index contributed by atoms with van der Waals surface area (Å²) >= 11 is 0.